The third kappa shape index (κ3) is 7.98. The summed E-state index contributed by atoms with van der Waals surface area (Å²) in [5.74, 6) is 1.47. The molecule has 0 radical (unpaired) electrons. The molecule has 2 N–H and O–H groups in total. The Kier molecular flexibility index (Phi) is 12.3. The van der Waals surface area contributed by atoms with E-state index in [9.17, 15) is 4.79 Å². The van der Waals surface area contributed by atoms with Crippen molar-refractivity contribution in [1.82, 2.24) is 15.5 Å². The van der Waals surface area contributed by atoms with E-state index < -0.39 is 0 Å². The average molecular weight is 438 g/mol. The minimum atomic E-state index is 0. The van der Waals surface area contributed by atoms with Crippen LogP contribution in [0.1, 0.15) is 58.3 Å². The number of carbonyl (C=O) groups is 1. The summed E-state index contributed by atoms with van der Waals surface area (Å²) >= 11 is 0. The van der Waals surface area contributed by atoms with E-state index in [0.717, 1.165) is 52.5 Å². The van der Waals surface area contributed by atoms with Crippen LogP contribution in [0.15, 0.2) is 0 Å². The topological polar surface area (TPSA) is 53.6 Å². The van der Waals surface area contributed by atoms with E-state index >= 15 is 0 Å². The number of halogens is 2. The number of ether oxygens (including phenoxy) is 1. The number of hydrogen-bond donors (Lipinski definition) is 2. The highest BCUT2D eigenvalue weighted by Crippen LogP contribution is 2.37. The lowest BCUT2D eigenvalue weighted by Gasteiger charge is -2.42. The van der Waals surface area contributed by atoms with E-state index in [2.05, 4.69) is 22.5 Å². The highest BCUT2D eigenvalue weighted by Gasteiger charge is 2.35. The summed E-state index contributed by atoms with van der Waals surface area (Å²) in [4.78, 5) is 15.2. The Balaban J connectivity index is 0.00000196. The molecular formula is C21H41Cl2N3O2. The second kappa shape index (κ2) is 13.3. The first-order valence-corrected chi connectivity index (χ1v) is 10.9. The molecule has 0 spiro atoms. The third-order valence-electron chi connectivity index (χ3n) is 6.93. The van der Waals surface area contributed by atoms with Gasteiger partial charge in [-0.15, -0.1) is 24.8 Å². The zero-order chi connectivity index (χ0) is 18.2. The van der Waals surface area contributed by atoms with E-state index in [1.165, 1.54) is 44.9 Å². The van der Waals surface area contributed by atoms with Crippen molar-refractivity contribution in [1.29, 1.82) is 0 Å². The molecule has 1 amide bonds. The molecule has 0 aromatic carbocycles. The number of hydrogen-bond acceptors (Lipinski definition) is 4. The van der Waals surface area contributed by atoms with Crippen LogP contribution in [0, 0.1) is 17.3 Å². The quantitative estimate of drug-likeness (QED) is 0.641. The fourth-order valence-electron chi connectivity index (χ4n) is 5.16. The van der Waals surface area contributed by atoms with Gasteiger partial charge < -0.3 is 15.4 Å². The van der Waals surface area contributed by atoms with Gasteiger partial charge in [-0.2, -0.15) is 0 Å². The molecule has 166 valence electrons. The molecule has 3 rings (SSSR count). The van der Waals surface area contributed by atoms with E-state index in [1.807, 2.05) is 0 Å². The van der Waals surface area contributed by atoms with Crippen LogP contribution >= 0.6 is 24.8 Å². The van der Waals surface area contributed by atoms with E-state index in [-0.39, 0.29) is 36.1 Å². The predicted octanol–water partition coefficient (Wildman–Crippen LogP) is 3.25. The molecule has 3 fully saturated rings. The molecule has 1 aliphatic carbocycles. The van der Waals surface area contributed by atoms with Gasteiger partial charge in [0.15, 0.2) is 0 Å². The molecule has 0 bridgehead atoms. The molecule has 1 unspecified atom stereocenters. The Labute approximate surface area is 183 Å². The Morgan fingerprint density at radius 2 is 1.79 bits per heavy atom. The fraction of sp³-hybridized carbons (Fsp3) is 0.952. The molecule has 2 aliphatic heterocycles. The van der Waals surface area contributed by atoms with E-state index in [4.69, 9.17) is 4.74 Å². The van der Waals surface area contributed by atoms with Crippen LogP contribution in [-0.4, -0.2) is 63.3 Å². The number of rotatable bonds is 7. The van der Waals surface area contributed by atoms with Gasteiger partial charge in [-0.1, -0.05) is 26.2 Å². The van der Waals surface area contributed by atoms with Crippen LogP contribution in [0.25, 0.3) is 0 Å². The van der Waals surface area contributed by atoms with Crippen molar-refractivity contribution in [3.8, 4) is 0 Å². The van der Waals surface area contributed by atoms with Gasteiger partial charge in [0.2, 0.25) is 5.91 Å². The lowest BCUT2D eigenvalue weighted by atomic mass is 9.73. The Bertz CT molecular complexity index is 435. The SMILES string of the molecule is CC(CC(=O)NCC1(CN2CCOCC2)CCCCC1)C1CCNCC1.Cl.Cl. The second-order valence-electron chi connectivity index (χ2n) is 8.99. The number of morpholine rings is 1. The molecule has 7 heteroatoms. The molecule has 0 aromatic heterocycles. The average Bonchev–Trinajstić information content (AvgIpc) is 2.69. The molecule has 28 heavy (non-hydrogen) atoms. The van der Waals surface area contributed by atoms with Gasteiger partial charge in [0.05, 0.1) is 13.2 Å². The zero-order valence-corrected chi connectivity index (χ0v) is 19.2. The number of piperidine rings is 1. The van der Waals surface area contributed by atoms with E-state index in [0.29, 0.717) is 18.3 Å². The molecule has 1 atom stereocenters. The number of amides is 1. The maximum Gasteiger partial charge on any atom is 0.220 e. The summed E-state index contributed by atoms with van der Waals surface area (Å²) in [5, 5.41) is 6.76. The fourth-order valence-corrected chi connectivity index (χ4v) is 5.16. The minimum Gasteiger partial charge on any atom is -0.379 e. The number of nitrogens with one attached hydrogen (secondary N) is 2. The van der Waals surface area contributed by atoms with Gasteiger partial charge in [-0.3, -0.25) is 9.69 Å². The minimum absolute atomic E-state index is 0. The molecule has 0 aromatic rings. The molecule has 2 heterocycles. The highest BCUT2D eigenvalue weighted by molar-refractivity contribution is 5.85. The second-order valence-corrected chi connectivity index (χ2v) is 8.99. The van der Waals surface area contributed by atoms with Crippen LogP contribution in [0.4, 0.5) is 0 Å². The first kappa shape index (κ1) is 26.0. The molecular weight excluding hydrogens is 397 g/mol. The normalized spacial score (nSPS) is 24.5. The molecule has 1 saturated carbocycles. The van der Waals surface area contributed by atoms with Crippen molar-refractivity contribution in [3.05, 3.63) is 0 Å². The van der Waals surface area contributed by atoms with Gasteiger partial charge in [-0.05, 0) is 50.6 Å². The Hall–Kier alpha value is -0.0700. The molecule has 5 nitrogen and oxygen atoms in total. The number of carbonyl (C=O) groups excluding carboxylic acids is 1. The first-order chi connectivity index (χ1) is 12.7. The highest BCUT2D eigenvalue weighted by atomic mass is 35.5. The van der Waals surface area contributed by atoms with Crippen molar-refractivity contribution in [2.75, 3.05) is 52.5 Å². The summed E-state index contributed by atoms with van der Waals surface area (Å²) in [5.41, 5.74) is 0.281. The first-order valence-electron chi connectivity index (χ1n) is 10.9. The van der Waals surface area contributed by atoms with Crippen LogP contribution in [0.3, 0.4) is 0 Å². The summed E-state index contributed by atoms with van der Waals surface area (Å²) in [6.07, 6.45) is 9.62. The maximum absolute atomic E-state index is 12.6. The molecule has 3 aliphatic rings. The molecule has 2 saturated heterocycles. The van der Waals surface area contributed by atoms with Crippen LogP contribution in [0.2, 0.25) is 0 Å². The smallest absolute Gasteiger partial charge is 0.220 e. The zero-order valence-electron chi connectivity index (χ0n) is 17.5. The summed E-state index contributed by atoms with van der Waals surface area (Å²) < 4.78 is 5.51. The van der Waals surface area contributed by atoms with Crippen LogP contribution in [-0.2, 0) is 9.53 Å². The van der Waals surface area contributed by atoms with E-state index in [1.54, 1.807) is 0 Å². The lowest BCUT2D eigenvalue weighted by Crippen LogP contribution is -2.49. The Morgan fingerprint density at radius 3 is 2.43 bits per heavy atom. The number of nitrogens with zero attached hydrogens (tertiary/aromatic N) is 1. The predicted molar refractivity (Wildman–Crippen MR) is 120 cm³/mol. The largest absolute Gasteiger partial charge is 0.379 e. The third-order valence-corrected chi connectivity index (χ3v) is 6.93. The van der Waals surface area contributed by atoms with Crippen molar-refractivity contribution in [3.63, 3.8) is 0 Å². The summed E-state index contributed by atoms with van der Waals surface area (Å²) in [7, 11) is 0. The van der Waals surface area contributed by atoms with Crippen molar-refractivity contribution in [2.45, 2.75) is 58.3 Å². The van der Waals surface area contributed by atoms with Crippen molar-refractivity contribution >= 4 is 30.7 Å². The monoisotopic (exact) mass is 437 g/mol. The van der Waals surface area contributed by atoms with Crippen LogP contribution < -0.4 is 10.6 Å². The van der Waals surface area contributed by atoms with Gasteiger partial charge in [0.25, 0.3) is 0 Å². The standard InChI is InChI=1S/C21H39N3O2.2ClH/c1-18(19-5-9-22-10-6-19)15-20(25)23-16-21(7-3-2-4-8-21)17-24-11-13-26-14-12-24;;/h18-19,22H,2-17H2,1H3,(H,23,25);2*1H. The van der Waals surface area contributed by atoms with Crippen molar-refractivity contribution in [2.24, 2.45) is 17.3 Å². The van der Waals surface area contributed by atoms with Crippen molar-refractivity contribution < 1.29 is 9.53 Å². The van der Waals surface area contributed by atoms with Gasteiger partial charge in [-0.25, -0.2) is 0 Å². The van der Waals surface area contributed by atoms with Gasteiger partial charge in [0.1, 0.15) is 0 Å². The maximum atomic E-state index is 12.6. The van der Waals surface area contributed by atoms with Gasteiger partial charge in [0, 0.05) is 38.0 Å². The van der Waals surface area contributed by atoms with Gasteiger partial charge >= 0.3 is 0 Å². The summed E-state index contributed by atoms with van der Waals surface area (Å²) in [6, 6.07) is 0. The lowest BCUT2D eigenvalue weighted by molar-refractivity contribution is -0.123. The Morgan fingerprint density at radius 1 is 1.14 bits per heavy atom. The van der Waals surface area contributed by atoms with Crippen LogP contribution in [0.5, 0.6) is 0 Å². The summed E-state index contributed by atoms with van der Waals surface area (Å²) in [6.45, 7) is 10.3.